The molecular formula is C17H23N3O3. The number of hydrogen-bond donors (Lipinski definition) is 1. The first-order valence-corrected chi connectivity index (χ1v) is 7.60. The monoisotopic (exact) mass is 317 g/mol. The highest BCUT2D eigenvalue weighted by Crippen LogP contribution is 2.26. The van der Waals surface area contributed by atoms with Crippen molar-refractivity contribution in [2.75, 3.05) is 5.32 Å². The molecule has 0 saturated carbocycles. The SMILES string of the molecule is Cc1ccc(NC(=O)OC(C)(C)C)cc1-c1noc(C(C)C)n1. The van der Waals surface area contributed by atoms with Crippen LogP contribution in [0.25, 0.3) is 11.4 Å². The zero-order chi connectivity index (χ0) is 17.2. The Morgan fingerprint density at radius 1 is 1.30 bits per heavy atom. The van der Waals surface area contributed by atoms with Gasteiger partial charge in [0, 0.05) is 17.2 Å². The van der Waals surface area contributed by atoms with E-state index in [9.17, 15) is 4.79 Å². The summed E-state index contributed by atoms with van der Waals surface area (Å²) in [5.41, 5.74) is 1.89. The fourth-order valence-corrected chi connectivity index (χ4v) is 1.94. The van der Waals surface area contributed by atoms with Gasteiger partial charge in [-0.2, -0.15) is 4.98 Å². The second-order valence-electron chi connectivity index (χ2n) is 6.77. The van der Waals surface area contributed by atoms with Crippen LogP contribution in [0.4, 0.5) is 10.5 Å². The average molecular weight is 317 g/mol. The Labute approximate surface area is 136 Å². The maximum atomic E-state index is 11.9. The largest absolute Gasteiger partial charge is 0.444 e. The lowest BCUT2D eigenvalue weighted by Crippen LogP contribution is -2.27. The molecule has 6 heteroatoms. The topological polar surface area (TPSA) is 77.2 Å². The number of anilines is 1. The van der Waals surface area contributed by atoms with Crippen molar-refractivity contribution in [1.82, 2.24) is 10.1 Å². The van der Waals surface area contributed by atoms with Crippen molar-refractivity contribution in [3.05, 3.63) is 29.7 Å². The number of nitrogens with one attached hydrogen (secondary N) is 1. The van der Waals surface area contributed by atoms with Gasteiger partial charge in [-0.1, -0.05) is 25.1 Å². The third kappa shape index (κ3) is 4.55. The van der Waals surface area contributed by atoms with Crippen LogP contribution < -0.4 is 5.32 Å². The first-order chi connectivity index (χ1) is 10.7. The molecule has 0 atom stereocenters. The first kappa shape index (κ1) is 17.0. The predicted octanol–water partition coefficient (Wildman–Crippen LogP) is 4.52. The number of ether oxygens (including phenoxy) is 1. The number of amides is 1. The fraction of sp³-hybridized carbons (Fsp3) is 0.471. The fourth-order valence-electron chi connectivity index (χ4n) is 1.94. The van der Waals surface area contributed by atoms with Gasteiger partial charge in [0.05, 0.1) is 0 Å². The Hall–Kier alpha value is -2.37. The molecular weight excluding hydrogens is 294 g/mol. The maximum absolute atomic E-state index is 11.9. The van der Waals surface area contributed by atoms with Gasteiger partial charge in [0.15, 0.2) is 0 Å². The first-order valence-electron chi connectivity index (χ1n) is 7.60. The molecule has 1 heterocycles. The summed E-state index contributed by atoms with van der Waals surface area (Å²) in [6.07, 6.45) is -0.497. The highest BCUT2D eigenvalue weighted by Gasteiger charge is 2.18. The molecule has 0 aliphatic rings. The summed E-state index contributed by atoms with van der Waals surface area (Å²) < 4.78 is 10.5. The zero-order valence-corrected chi connectivity index (χ0v) is 14.4. The van der Waals surface area contributed by atoms with Gasteiger partial charge in [-0.25, -0.2) is 4.79 Å². The van der Waals surface area contributed by atoms with Gasteiger partial charge < -0.3 is 9.26 Å². The minimum Gasteiger partial charge on any atom is -0.444 e. The summed E-state index contributed by atoms with van der Waals surface area (Å²) in [6.45, 7) is 11.4. The van der Waals surface area contributed by atoms with Crippen LogP contribution >= 0.6 is 0 Å². The van der Waals surface area contributed by atoms with Gasteiger partial charge in [-0.05, 0) is 45.4 Å². The van der Waals surface area contributed by atoms with Crippen LogP contribution in [0.5, 0.6) is 0 Å². The second kappa shape index (κ2) is 6.40. The smallest absolute Gasteiger partial charge is 0.412 e. The zero-order valence-electron chi connectivity index (χ0n) is 14.4. The number of aryl methyl sites for hydroxylation is 1. The van der Waals surface area contributed by atoms with E-state index in [2.05, 4.69) is 15.5 Å². The molecule has 2 aromatic rings. The average Bonchev–Trinajstić information content (AvgIpc) is 2.88. The molecule has 0 saturated heterocycles. The van der Waals surface area contributed by atoms with Crippen molar-refractivity contribution in [1.29, 1.82) is 0 Å². The number of nitrogens with zero attached hydrogens (tertiary/aromatic N) is 2. The van der Waals surface area contributed by atoms with Crippen molar-refractivity contribution in [3.63, 3.8) is 0 Å². The molecule has 6 nitrogen and oxygen atoms in total. The van der Waals surface area contributed by atoms with Gasteiger partial charge in [-0.3, -0.25) is 5.32 Å². The molecule has 23 heavy (non-hydrogen) atoms. The quantitative estimate of drug-likeness (QED) is 0.900. The molecule has 0 fully saturated rings. The lowest BCUT2D eigenvalue weighted by molar-refractivity contribution is 0.0636. The van der Waals surface area contributed by atoms with Crippen LogP contribution in [0.2, 0.25) is 0 Å². The molecule has 0 radical (unpaired) electrons. The lowest BCUT2D eigenvalue weighted by Gasteiger charge is -2.19. The predicted molar refractivity (Wildman–Crippen MR) is 88.4 cm³/mol. The third-order valence-electron chi connectivity index (χ3n) is 3.06. The summed E-state index contributed by atoms with van der Waals surface area (Å²) in [5.74, 6) is 1.27. The molecule has 2 rings (SSSR count). The number of benzene rings is 1. The summed E-state index contributed by atoms with van der Waals surface area (Å²) >= 11 is 0. The molecule has 1 aromatic carbocycles. The van der Waals surface area contributed by atoms with Crippen LogP contribution in [0.1, 0.15) is 52.0 Å². The minimum absolute atomic E-state index is 0.166. The van der Waals surface area contributed by atoms with Crippen molar-refractivity contribution >= 4 is 11.8 Å². The Morgan fingerprint density at radius 3 is 2.57 bits per heavy atom. The van der Waals surface area contributed by atoms with E-state index < -0.39 is 11.7 Å². The Balaban J connectivity index is 2.23. The normalized spacial score (nSPS) is 11.6. The van der Waals surface area contributed by atoms with Crippen LogP contribution in [0.3, 0.4) is 0 Å². The Morgan fingerprint density at radius 2 is 2.00 bits per heavy atom. The van der Waals surface area contributed by atoms with E-state index >= 15 is 0 Å². The van der Waals surface area contributed by atoms with E-state index in [1.165, 1.54) is 0 Å². The minimum atomic E-state index is -0.544. The third-order valence-corrected chi connectivity index (χ3v) is 3.06. The standard InChI is InChI=1S/C17H23N3O3/c1-10(2)15-19-14(20-23-15)13-9-12(8-7-11(13)3)18-16(21)22-17(4,5)6/h7-10H,1-6H3,(H,18,21). The molecule has 0 spiro atoms. The second-order valence-corrected chi connectivity index (χ2v) is 6.77. The van der Waals surface area contributed by atoms with Gasteiger partial charge >= 0.3 is 6.09 Å². The summed E-state index contributed by atoms with van der Waals surface area (Å²) in [5, 5.41) is 6.74. The summed E-state index contributed by atoms with van der Waals surface area (Å²) in [4.78, 5) is 16.3. The van der Waals surface area contributed by atoms with Crippen molar-refractivity contribution < 1.29 is 14.1 Å². The van der Waals surface area contributed by atoms with E-state index in [1.54, 1.807) is 0 Å². The molecule has 1 N–H and O–H groups in total. The van der Waals surface area contributed by atoms with Gasteiger partial charge in [0.2, 0.25) is 11.7 Å². The van der Waals surface area contributed by atoms with Gasteiger partial charge in [0.1, 0.15) is 5.60 Å². The Bertz CT molecular complexity index is 699. The van der Waals surface area contributed by atoms with Crippen molar-refractivity contribution in [3.8, 4) is 11.4 Å². The summed E-state index contributed by atoms with van der Waals surface area (Å²) in [7, 11) is 0. The van der Waals surface area contributed by atoms with E-state index in [0.29, 0.717) is 17.4 Å². The molecule has 0 unspecified atom stereocenters. The van der Waals surface area contributed by atoms with Crippen LogP contribution in [0, 0.1) is 6.92 Å². The number of carbonyl (C=O) groups excluding carboxylic acids is 1. The van der Waals surface area contributed by atoms with Gasteiger partial charge in [-0.15, -0.1) is 0 Å². The van der Waals surface area contributed by atoms with Crippen molar-refractivity contribution in [2.45, 2.75) is 53.1 Å². The van der Waals surface area contributed by atoms with Crippen LogP contribution in [-0.4, -0.2) is 21.8 Å². The highest BCUT2D eigenvalue weighted by atomic mass is 16.6. The van der Waals surface area contributed by atoms with E-state index in [1.807, 2.05) is 59.7 Å². The molecule has 1 aromatic heterocycles. The maximum Gasteiger partial charge on any atom is 0.412 e. The molecule has 124 valence electrons. The van der Waals surface area contributed by atoms with Crippen LogP contribution in [0.15, 0.2) is 22.7 Å². The number of aromatic nitrogens is 2. The number of hydrogen-bond acceptors (Lipinski definition) is 5. The van der Waals surface area contributed by atoms with E-state index in [-0.39, 0.29) is 5.92 Å². The lowest BCUT2D eigenvalue weighted by atomic mass is 10.1. The molecule has 0 aliphatic heterocycles. The van der Waals surface area contributed by atoms with Crippen molar-refractivity contribution in [2.24, 2.45) is 0 Å². The Kier molecular flexibility index (Phi) is 4.73. The van der Waals surface area contributed by atoms with E-state index in [4.69, 9.17) is 9.26 Å². The van der Waals surface area contributed by atoms with Crippen LogP contribution in [-0.2, 0) is 4.74 Å². The number of rotatable bonds is 3. The number of carbonyl (C=O) groups is 1. The molecule has 0 aliphatic carbocycles. The van der Waals surface area contributed by atoms with E-state index in [0.717, 1.165) is 11.1 Å². The highest BCUT2D eigenvalue weighted by molar-refractivity contribution is 5.86. The molecule has 0 bridgehead atoms. The summed E-state index contributed by atoms with van der Waals surface area (Å²) in [6, 6.07) is 5.52. The van der Waals surface area contributed by atoms with Gasteiger partial charge in [0.25, 0.3) is 0 Å². The molecule has 1 amide bonds.